The Balaban J connectivity index is 1.87. The van der Waals surface area contributed by atoms with Gasteiger partial charge in [-0.15, -0.1) is 0 Å². The molecule has 2 rings (SSSR count). The van der Waals surface area contributed by atoms with E-state index in [4.69, 9.17) is 0 Å². The Kier molecular flexibility index (Phi) is 2.86. The Bertz CT molecular complexity index is 395. The van der Waals surface area contributed by atoms with Gasteiger partial charge in [0.15, 0.2) is 0 Å². The van der Waals surface area contributed by atoms with Gasteiger partial charge in [-0.05, 0) is 30.5 Å². The van der Waals surface area contributed by atoms with E-state index in [1.807, 2.05) is 6.92 Å². The van der Waals surface area contributed by atoms with Crippen LogP contribution in [0.4, 0.5) is 0 Å². The highest BCUT2D eigenvalue weighted by Gasteiger charge is 2.24. The summed E-state index contributed by atoms with van der Waals surface area (Å²) in [6.45, 7) is 2.60. The first-order chi connectivity index (χ1) is 7.31. The van der Waals surface area contributed by atoms with Crippen LogP contribution in [0.1, 0.15) is 24.0 Å². The SMILES string of the molecule is C/C=C/C(=O)NCC1Cc2ccccc21. The summed E-state index contributed by atoms with van der Waals surface area (Å²) in [5.41, 5.74) is 2.81. The third-order valence-corrected chi connectivity index (χ3v) is 2.80. The molecule has 2 heteroatoms. The first-order valence-corrected chi connectivity index (χ1v) is 5.29. The van der Waals surface area contributed by atoms with Crippen LogP contribution in [-0.4, -0.2) is 12.5 Å². The molecule has 0 aliphatic heterocycles. The van der Waals surface area contributed by atoms with E-state index in [-0.39, 0.29) is 5.91 Å². The standard InChI is InChI=1S/C13H15NO/c1-2-5-13(15)14-9-11-8-10-6-3-4-7-12(10)11/h2-7,11H,8-9H2,1H3,(H,14,15)/b5-2+. The monoisotopic (exact) mass is 201 g/mol. The fourth-order valence-electron chi connectivity index (χ4n) is 1.98. The summed E-state index contributed by atoms with van der Waals surface area (Å²) in [4.78, 5) is 11.2. The van der Waals surface area contributed by atoms with E-state index >= 15 is 0 Å². The average Bonchev–Trinajstić information content (AvgIpc) is 2.20. The van der Waals surface area contributed by atoms with Gasteiger partial charge < -0.3 is 5.32 Å². The number of rotatable bonds is 3. The summed E-state index contributed by atoms with van der Waals surface area (Å²) in [5.74, 6) is 0.511. The molecule has 0 radical (unpaired) electrons. The second kappa shape index (κ2) is 4.30. The summed E-state index contributed by atoms with van der Waals surface area (Å²) in [6.07, 6.45) is 4.40. The number of amides is 1. The van der Waals surface area contributed by atoms with E-state index in [9.17, 15) is 4.79 Å². The average molecular weight is 201 g/mol. The molecule has 0 spiro atoms. The smallest absolute Gasteiger partial charge is 0.243 e. The second-order valence-electron chi connectivity index (χ2n) is 3.85. The molecule has 0 saturated carbocycles. The molecule has 1 aliphatic carbocycles. The molecule has 1 aliphatic rings. The number of nitrogens with one attached hydrogen (secondary N) is 1. The molecule has 0 bridgehead atoms. The maximum absolute atomic E-state index is 11.2. The molecule has 1 N–H and O–H groups in total. The van der Waals surface area contributed by atoms with Gasteiger partial charge in [0.05, 0.1) is 0 Å². The van der Waals surface area contributed by atoms with E-state index in [1.54, 1.807) is 12.2 Å². The predicted octanol–water partition coefficient (Wildman–Crippen LogP) is 2.02. The van der Waals surface area contributed by atoms with Crippen molar-refractivity contribution in [2.75, 3.05) is 6.54 Å². The lowest BCUT2D eigenvalue weighted by Gasteiger charge is -2.29. The Morgan fingerprint density at radius 1 is 1.53 bits per heavy atom. The van der Waals surface area contributed by atoms with Crippen molar-refractivity contribution in [3.05, 3.63) is 47.5 Å². The summed E-state index contributed by atoms with van der Waals surface area (Å²) in [7, 11) is 0. The van der Waals surface area contributed by atoms with Crippen LogP contribution in [0.2, 0.25) is 0 Å². The molecular weight excluding hydrogens is 186 g/mol. The fourth-order valence-corrected chi connectivity index (χ4v) is 1.98. The van der Waals surface area contributed by atoms with Crippen molar-refractivity contribution in [2.45, 2.75) is 19.3 Å². The molecular formula is C13H15NO. The molecule has 1 aromatic rings. The fraction of sp³-hybridized carbons (Fsp3) is 0.308. The third-order valence-electron chi connectivity index (χ3n) is 2.80. The Morgan fingerprint density at radius 3 is 3.07 bits per heavy atom. The molecule has 78 valence electrons. The topological polar surface area (TPSA) is 29.1 Å². The molecule has 0 heterocycles. The highest BCUT2D eigenvalue weighted by atomic mass is 16.1. The normalized spacial score (nSPS) is 18.3. The number of fused-ring (bicyclic) bond motifs is 1. The van der Waals surface area contributed by atoms with Gasteiger partial charge in [0.1, 0.15) is 0 Å². The lowest BCUT2D eigenvalue weighted by atomic mass is 9.77. The van der Waals surface area contributed by atoms with Crippen LogP contribution in [-0.2, 0) is 11.2 Å². The van der Waals surface area contributed by atoms with Gasteiger partial charge in [-0.2, -0.15) is 0 Å². The van der Waals surface area contributed by atoms with Crippen LogP contribution in [0.25, 0.3) is 0 Å². The van der Waals surface area contributed by atoms with Crippen molar-refractivity contribution in [1.82, 2.24) is 5.32 Å². The number of hydrogen-bond acceptors (Lipinski definition) is 1. The number of carbonyl (C=O) groups excluding carboxylic acids is 1. The van der Waals surface area contributed by atoms with E-state index in [1.165, 1.54) is 11.1 Å². The largest absolute Gasteiger partial charge is 0.352 e. The minimum atomic E-state index is 0.00174. The lowest BCUT2D eigenvalue weighted by molar-refractivity contribution is -0.116. The van der Waals surface area contributed by atoms with E-state index in [0.717, 1.165) is 13.0 Å². The van der Waals surface area contributed by atoms with Crippen LogP contribution in [0.15, 0.2) is 36.4 Å². The molecule has 0 fully saturated rings. The first-order valence-electron chi connectivity index (χ1n) is 5.29. The second-order valence-corrected chi connectivity index (χ2v) is 3.85. The van der Waals surface area contributed by atoms with E-state index in [0.29, 0.717) is 5.92 Å². The predicted molar refractivity (Wildman–Crippen MR) is 60.7 cm³/mol. The van der Waals surface area contributed by atoms with Crippen molar-refractivity contribution in [2.24, 2.45) is 0 Å². The zero-order valence-electron chi connectivity index (χ0n) is 8.86. The molecule has 1 amide bonds. The Hall–Kier alpha value is -1.57. The van der Waals surface area contributed by atoms with Gasteiger partial charge >= 0.3 is 0 Å². The summed E-state index contributed by atoms with van der Waals surface area (Å²) >= 11 is 0. The summed E-state index contributed by atoms with van der Waals surface area (Å²) in [5, 5.41) is 2.90. The zero-order chi connectivity index (χ0) is 10.7. The summed E-state index contributed by atoms with van der Waals surface area (Å²) in [6, 6.07) is 8.41. The quantitative estimate of drug-likeness (QED) is 0.745. The maximum atomic E-state index is 11.2. The van der Waals surface area contributed by atoms with Crippen molar-refractivity contribution < 1.29 is 4.79 Å². The minimum absolute atomic E-state index is 0.00174. The van der Waals surface area contributed by atoms with Crippen LogP contribution >= 0.6 is 0 Å². The molecule has 0 aromatic heterocycles. The maximum Gasteiger partial charge on any atom is 0.243 e. The van der Waals surface area contributed by atoms with Gasteiger partial charge in [0.2, 0.25) is 5.91 Å². The molecule has 2 nitrogen and oxygen atoms in total. The van der Waals surface area contributed by atoms with Crippen molar-refractivity contribution in [3.63, 3.8) is 0 Å². The molecule has 15 heavy (non-hydrogen) atoms. The number of hydrogen-bond donors (Lipinski definition) is 1. The highest BCUT2D eigenvalue weighted by Crippen LogP contribution is 2.33. The van der Waals surface area contributed by atoms with Crippen LogP contribution < -0.4 is 5.32 Å². The van der Waals surface area contributed by atoms with Gasteiger partial charge in [0, 0.05) is 12.5 Å². The highest BCUT2D eigenvalue weighted by molar-refractivity contribution is 5.87. The minimum Gasteiger partial charge on any atom is -0.352 e. The van der Waals surface area contributed by atoms with Crippen LogP contribution in [0, 0.1) is 0 Å². The van der Waals surface area contributed by atoms with Crippen molar-refractivity contribution in [1.29, 1.82) is 0 Å². The van der Waals surface area contributed by atoms with E-state index in [2.05, 4.69) is 29.6 Å². The van der Waals surface area contributed by atoms with E-state index < -0.39 is 0 Å². The third kappa shape index (κ3) is 2.09. The summed E-state index contributed by atoms with van der Waals surface area (Å²) < 4.78 is 0. The van der Waals surface area contributed by atoms with Gasteiger partial charge in [-0.1, -0.05) is 30.3 Å². The van der Waals surface area contributed by atoms with Crippen LogP contribution in [0.5, 0.6) is 0 Å². The molecule has 1 unspecified atom stereocenters. The first kappa shape index (κ1) is 9.97. The zero-order valence-corrected chi connectivity index (χ0v) is 8.86. The number of carbonyl (C=O) groups is 1. The van der Waals surface area contributed by atoms with Gasteiger partial charge in [0.25, 0.3) is 0 Å². The van der Waals surface area contributed by atoms with Gasteiger partial charge in [-0.3, -0.25) is 4.79 Å². The number of benzene rings is 1. The molecule has 1 aromatic carbocycles. The lowest BCUT2D eigenvalue weighted by Crippen LogP contribution is -2.32. The molecule has 0 saturated heterocycles. The van der Waals surface area contributed by atoms with Crippen LogP contribution in [0.3, 0.4) is 0 Å². The Labute approximate surface area is 90.0 Å². The Morgan fingerprint density at radius 2 is 2.33 bits per heavy atom. The number of allylic oxidation sites excluding steroid dienone is 1. The van der Waals surface area contributed by atoms with Gasteiger partial charge in [-0.25, -0.2) is 0 Å². The van der Waals surface area contributed by atoms with Crippen molar-refractivity contribution >= 4 is 5.91 Å². The van der Waals surface area contributed by atoms with Crippen molar-refractivity contribution in [3.8, 4) is 0 Å². The molecule has 1 atom stereocenters.